The lowest BCUT2D eigenvalue weighted by molar-refractivity contribution is 0.0778. The molecule has 0 aliphatic carbocycles. The van der Waals surface area contributed by atoms with Gasteiger partial charge in [0.1, 0.15) is 11.4 Å². The van der Waals surface area contributed by atoms with E-state index in [0.29, 0.717) is 49.7 Å². The van der Waals surface area contributed by atoms with Crippen LogP contribution in [0.5, 0.6) is 17.2 Å². The molecule has 0 aromatic heterocycles. The zero-order valence-corrected chi connectivity index (χ0v) is 19.1. The van der Waals surface area contributed by atoms with Crippen LogP contribution in [0.25, 0.3) is 0 Å². The third-order valence-electron chi connectivity index (χ3n) is 6.38. The molecule has 3 aliphatic rings. The smallest absolute Gasteiger partial charge is 0.409 e. The van der Waals surface area contributed by atoms with Crippen LogP contribution in [0.4, 0.5) is 4.79 Å². The molecule has 9 heteroatoms. The summed E-state index contributed by atoms with van der Waals surface area (Å²) >= 11 is 6.26. The molecule has 1 fully saturated rings. The van der Waals surface area contributed by atoms with Gasteiger partial charge in [0.25, 0.3) is 0 Å². The van der Waals surface area contributed by atoms with Gasteiger partial charge in [0.05, 0.1) is 6.61 Å². The van der Waals surface area contributed by atoms with Gasteiger partial charge >= 0.3 is 6.09 Å². The number of benzene rings is 2. The van der Waals surface area contributed by atoms with Gasteiger partial charge in [-0.3, -0.25) is 10.3 Å². The molecule has 3 aliphatic heterocycles. The molecule has 5 rings (SSSR count). The molecule has 3 heterocycles. The summed E-state index contributed by atoms with van der Waals surface area (Å²) in [6.07, 6.45) is 1.51. The van der Waals surface area contributed by atoms with Crippen LogP contribution in [0.1, 0.15) is 43.4 Å². The fraction of sp³-hybridized carbons (Fsp3) is 0.417. The molecule has 33 heavy (non-hydrogen) atoms. The van der Waals surface area contributed by atoms with E-state index in [2.05, 4.69) is 5.32 Å². The van der Waals surface area contributed by atoms with Gasteiger partial charge in [-0.2, -0.15) is 0 Å². The fourth-order valence-corrected chi connectivity index (χ4v) is 4.87. The average molecular weight is 472 g/mol. The number of phenols is 1. The van der Waals surface area contributed by atoms with Crippen LogP contribution in [0.3, 0.4) is 0 Å². The average Bonchev–Trinajstić information content (AvgIpc) is 3.29. The summed E-state index contributed by atoms with van der Waals surface area (Å²) in [7, 11) is 0. The summed E-state index contributed by atoms with van der Waals surface area (Å²) in [5.41, 5.74) is 2.00. The Morgan fingerprint density at radius 1 is 1.24 bits per heavy atom. The highest BCUT2D eigenvalue weighted by molar-refractivity contribution is 6.30. The van der Waals surface area contributed by atoms with Crippen LogP contribution in [0, 0.1) is 0 Å². The van der Waals surface area contributed by atoms with Crippen LogP contribution >= 0.6 is 11.6 Å². The van der Waals surface area contributed by atoms with Gasteiger partial charge in [-0.15, -0.1) is 0 Å². The highest BCUT2D eigenvalue weighted by atomic mass is 35.5. The Hall–Kier alpha value is -2.97. The first-order valence-electron chi connectivity index (χ1n) is 11.1. The molecule has 1 atom stereocenters. The number of hydrogen-bond acceptors (Lipinski definition) is 7. The Balaban J connectivity index is 1.48. The summed E-state index contributed by atoms with van der Waals surface area (Å²) in [6.45, 7) is 3.41. The predicted molar refractivity (Wildman–Crippen MR) is 123 cm³/mol. The van der Waals surface area contributed by atoms with Gasteiger partial charge in [-0.05, 0) is 48.9 Å². The van der Waals surface area contributed by atoms with Gasteiger partial charge in [-0.25, -0.2) is 4.79 Å². The Bertz CT molecular complexity index is 1100. The number of carbonyl (C=O) groups excluding carboxylic acids is 1. The van der Waals surface area contributed by atoms with Crippen LogP contribution in [-0.2, 0) is 4.74 Å². The molecule has 2 aromatic rings. The maximum absolute atomic E-state index is 12.2. The minimum absolute atomic E-state index is 0.183. The van der Waals surface area contributed by atoms with Crippen molar-refractivity contribution in [2.75, 3.05) is 26.5 Å². The van der Waals surface area contributed by atoms with E-state index in [-0.39, 0.29) is 24.7 Å². The minimum atomic E-state index is -0.577. The summed E-state index contributed by atoms with van der Waals surface area (Å²) in [5.74, 6) is 1.60. The second-order valence-corrected chi connectivity index (χ2v) is 8.88. The first kappa shape index (κ1) is 21.9. The van der Waals surface area contributed by atoms with Crippen molar-refractivity contribution in [1.82, 2.24) is 10.2 Å². The lowest BCUT2D eigenvalue weighted by atomic mass is 9.87. The Labute approximate surface area is 197 Å². The van der Waals surface area contributed by atoms with E-state index in [1.54, 1.807) is 30.0 Å². The van der Waals surface area contributed by atoms with E-state index in [0.717, 1.165) is 22.6 Å². The van der Waals surface area contributed by atoms with E-state index in [1.807, 2.05) is 18.2 Å². The maximum atomic E-state index is 12.2. The standard InChI is InChI=1S/C24H26ClN3O5/c1-2-31-23(30)28-9-7-24(8-10-28)26-18(15-3-6-21-22(11-15)33-14-32-21)13-19(27-24)17-12-16(25)4-5-20(17)29/h3-6,11-12,19,27,29H,2,7-10,13-14H2,1H3/t19-/m0/s1. The highest BCUT2D eigenvalue weighted by Crippen LogP contribution is 2.40. The van der Waals surface area contributed by atoms with E-state index < -0.39 is 5.66 Å². The van der Waals surface area contributed by atoms with Gasteiger partial charge in [-0.1, -0.05) is 11.6 Å². The maximum Gasteiger partial charge on any atom is 0.409 e. The number of hydrogen-bond donors (Lipinski definition) is 2. The molecule has 1 saturated heterocycles. The molecule has 2 aromatic carbocycles. The van der Waals surface area contributed by atoms with E-state index in [9.17, 15) is 9.90 Å². The molecule has 0 unspecified atom stereocenters. The normalized spacial score (nSPS) is 21.1. The van der Waals surface area contributed by atoms with Crippen molar-refractivity contribution in [1.29, 1.82) is 0 Å². The van der Waals surface area contributed by atoms with Crippen molar-refractivity contribution >= 4 is 23.4 Å². The number of nitrogens with zero attached hydrogens (tertiary/aromatic N) is 2. The molecular weight excluding hydrogens is 446 g/mol. The van der Waals surface area contributed by atoms with Crippen LogP contribution in [0.15, 0.2) is 41.4 Å². The van der Waals surface area contributed by atoms with Crippen molar-refractivity contribution in [3.05, 3.63) is 52.5 Å². The number of ether oxygens (including phenoxy) is 3. The number of rotatable bonds is 3. The van der Waals surface area contributed by atoms with Gasteiger partial charge in [0, 0.05) is 54.7 Å². The highest BCUT2D eigenvalue weighted by Gasteiger charge is 2.42. The van der Waals surface area contributed by atoms with Crippen molar-refractivity contribution in [3.63, 3.8) is 0 Å². The minimum Gasteiger partial charge on any atom is -0.508 e. The summed E-state index contributed by atoms with van der Waals surface area (Å²) in [6, 6.07) is 10.7. The number of aromatic hydroxyl groups is 1. The number of halogens is 1. The van der Waals surface area contributed by atoms with Crippen LogP contribution in [-0.4, -0.2) is 54.0 Å². The summed E-state index contributed by atoms with van der Waals surface area (Å²) in [4.78, 5) is 19.1. The van der Waals surface area contributed by atoms with Crippen LogP contribution in [0.2, 0.25) is 5.02 Å². The topological polar surface area (TPSA) is 92.6 Å². The number of likely N-dealkylation sites (tertiary alicyclic amines) is 1. The molecule has 1 spiro atoms. The third kappa shape index (κ3) is 4.32. The molecular formula is C24H26ClN3O5. The van der Waals surface area contributed by atoms with E-state index in [4.69, 9.17) is 30.8 Å². The fourth-order valence-electron chi connectivity index (χ4n) is 4.69. The predicted octanol–water partition coefficient (Wildman–Crippen LogP) is 4.25. The lowest BCUT2D eigenvalue weighted by Crippen LogP contribution is -2.56. The Morgan fingerprint density at radius 3 is 2.82 bits per heavy atom. The molecule has 8 nitrogen and oxygen atoms in total. The van der Waals surface area contributed by atoms with E-state index >= 15 is 0 Å². The van der Waals surface area contributed by atoms with Gasteiger partial charge in [0.15, 0.2) is 11.5 Å². The second-order valence-electron chi connectivity index (χ2n) is 8.45. The SMILES string of the molecule is CCOC(=O)N1CCC2(CC1)N=C(c1ccc3c(c1)OCO3)C[C@@H](c1cc(Cl)ccc1O)N2. The molecule has 174 valence electrons. The number of phenolic OH excluding ortho intramolecular Hbond substituents is 1. The van der Waals surface area contributed by atoms with E-state index in [1.165, 1.54) is 0 Å². The number of nitrogens with one attached hydrogen (secondary N) is 1. The molecule has 0 bridgehead atoms. The molecule has 1 amide bonds. The third-order valence-corrected chi connectivity index (χ3v) is 6.61. The number of carbonyl (C=O) groups is 1. The molecule has 2 N–H and O–H groups in total. The summed E-state index contributed by atoms with van der Waals surface area (Å²) < 4.78 is 16.2. The number of amides is 1. The zero-order chi connectivity index (χ0) is 23.0. The lowest BCUT2D eigenvalue weighted by Gasteiger charge is -2.45. The molecule has 0 radical (unpaired) electrons. The van der Waals surface area contributed by atoms with Gasteiger partial charge < -0.3 is 24.2 Å². The quantitative estimate of drug-likeness (QED) is 0.695. The number of piperidine rings is 1. The van der Waals surface area contributed by atoms with Crippen molar-refractivity contribution in [3.8, 4) is 17.2 Å². The first-order chi connectivity index (χ1) is 16.0. The Kier molecular flexibility index (Phi) is 5.80. The second kappa shape index (κ2) is 8.76. The van der Waals surface area contributed by atoms with Gasteiger partial charge in [0.2, 0.25) is 6.79 Å². The van der Waals surface area contributed by atoms with Crippen LogP contribution < -0.4 is 14.8 Å². The zero-order valence-electron chi connectivity index (χ0n) is 18.3. The monoisotopic (exact) mass is 471 g/mol. The summed E-state index contributed by atoms with van der Waals surface area (Å²) in [5, 5.41) is 14.8. The first-order valence-corrected chi connectivity index (χ1v) is 11.5. The number of aliphatic imine (C=N–C) groups is 1. The van der Waals surface area contributed by atoms with Crippen molar-refractivity contribution in [2.45, 2.75) is 37.9 Å². The largest absolute Gasteiger partial charge is 0.508 e. The number of fused-ring (bicyclic) bond motifs is 1. The van der Waals surface area contributed by atoms with Crippen molar-refractivity contribution < 1.29 is 24.1 Å². The molecule has 0 saturated carbocycles. The van der Waals surface area contributed by atoms with Crippen molar-refractivity contribution in [2.24, 2.45) is 4.99 Å². The Morgan fingerprint density at radius 2 is 2.03 bits per heavy atom.